The molecule has 1 aromatic rings. The molecule has 0 aromatic carbocycles. The standard InChI is InChI=1S/C17H24ClN3O2/c18-14-10-13(11-15(20-14)21-8-4-5-9-21)16(22)19-12-17(23)6-2-1-3-7-17/h10-11,23H,1-9,12H2,(H,19,22). The summed E-state index contributed by atoms with van der Waals surface area (Å²) in [6.07, 6.45) is 6.99. The van der Waals surface area contributed by atoms with Gasteiger partial charge < -0.3 is 15.3 Å². The van der Waals surface area contributed by atoms with Crippen molar-refractivity contribution in [1.82, 2.24) is 10.3 Å². The van der Waals surface area contributed by atoms with Gasteiger partial charge in [-0.1, -0.05) is 30.9 Å². The Morgan fingerprint density at radius 1 is 1.22 bits per heavy atom. The number of anilines is 1. The van der Waals surface area contributed by atoms with Crippen molar-refractivity contribution in [2.45, 2.75) is 50.5 Å². The van der Waals surface area contributed by atoms with Crippen LogP contribution < -0.4 is 10.2 Å². The van der Waals surface area contributed by atoms with Crippen molar-refractivity contribution < 1.29 is 9.90 Å². The molecule has 126 valence electrons. The van der Waals surface area contributed by atoms with Gasteiger partial charge in [0, 0.05) is 25.2 Å². The molecule has 1 aromatic heterocycles. The van der Waals surface area contributed by atoms with Crippen molar-refractivity contribution in [1.29, 1.82) is 0 Å². The number of carbonyl (C=O) groups excluding carboxylic acids is 1. The Labute approximate surface area is 142 Å². The van der Waals surface area contributed by atoms with Crippen LogP contribution in [0.3, 0.4) is 0 Å². The van der Waals surface area contributed by atoms with Crippen LogP contribution in [0, 0.1) is 0 Å². The second-order valence-electron chi connectivity index (χ2n) is 6.70. The highest BCUT2D eigenvalue weighted by Gasteiger charge is 2.29. The largest absolute Gasteiger partial charge is 0.388 e. The van der Waals surface area contributed by atoms with Gasteiger partial charge in [-0.3, -0.25) is 4.79 Å². The van der Waals surface area contributed by atoms with E-state index in [9.17, 15) is 9.90 Å². The van der Waals surface area contributed by atoms with Gasteiger partial charge in [-0.2, -0.15) is 0 Å². The first-order valence-electron chi connectivity index (χ1n) is 8.49. The highest BCUT2D eigenvalue weighted by Crippen LogP contribution is 2.27. The highest BCUT2D eigenvalue weighted by atomic mass is 35.5. The molecule has 1 saturated carbocycles. The molecule has 0 unspecified atom stereocenters. The van der Waals surface area contributed by atoms with Crippen LogP contribution in [-0.4, -0.2) is 41.2 Å². The smallest absolute Gasteiger partial charge is 0.251 e. The minimum absolute atomic E-state index is 0.200. The van der Waals surface area contributed by atoms with E-state index in [2.05, 4.69) is 15.2 Å². The molecule has 2 N–H and O–H groups in total. The molecule has 23 heavy (non-hydrogen) atoms. The normalized spacial score (nSPS) is 20.5. The molecule has 2 aliphatic rings. The maximum Gasteiger partial charge on any atom is 0.251 e. The van der Waals surface area contributed by atoms with Crippen LogP contribution in [0.25, 0.3) is 0 Å². The summed E-state index contributed by atoms with van der Waals surface area (Å²) in [5.41, 5.74) is -0.256. The van der Waals surface area contributed by atoms with E-state index < -0.39 is 5.60 Å². The van der Waals surface area contributed by atoms with Crippen LogP contribution in [0.15, 0.2) is 12.1 Å². The van der Waals surface area contributed by atoms with Gasteiger partial charge in [0.2, 0.25) is 0 Å². The zero-order chi connectivity index (χ0) is 16.3. The van der Waals surface area contributed by atoms with Crippen molar-refractivity contribution in [3.8, 4) is 0 Å². The zero-order valence-corrected chi connectivity index (χ0v) is 14.1. The minimum atomic E-state index is -0.761. The van der Waals surface area contributed by atoms with E-state index in [0.717, 1.165) is 63.9 Å². The van der Waals surface area contributed by atoms with Gasteiger partial charge in [0.15, 0.2) is 0 Å². The maximum absolute atomic E-state index is 12.4. The fourth-order valence-electron chi connectivity index (χ4n) is 3.46. The van der Waals surface area contributed by atoms with Crippen LogP contribution >= 0.6 is 11.6 Å². The molecule has 2 heterocycles. The maximum atomic E-state index is 12.4. The van der Waals surface area contributed by atoms with E-state index >= 15 is 0 Å². The molecule has 0 bridgehead atoms. The predicted molar refractivity (Wildman–Crippen MR) is 91.1 cm³/mol. The third-order valence-electron chi connectivity index (χ3n) is 4.84. The number of pyridine rings is 1. The minimum Gasteiger partial charge on any atom is -0.388 e. The third kappa shape index (κ3) is 4.15. The van der Waals surface area contributed by atoms with E-state index in [-0.39, 0.29) is 5.91 Å². The van der Waals surface area contributed by atoms with Crippen molar-refractivity contribution in [3.05, 3.63) is 22.8 Å². The summed E-state index contributed by atoms with van der Waals surface area (Å²) in [7, 11) is 0. The number of hydrogen-bond donors (Lipinski definition) is 2. The molecule has 3 rings (SSSR count). The molecule has 1 aliphatic heterocycles. The molecule has 0 spiro atoms. The number of aromatic nitrogens is 1. The topological polar surface area (TPSA) is 65.5 Å². The summed E-state index contributed by atoms with van der Waals surface area (Å²) in [5, 5.41) is 13.7. The summed E-state index contributed by atoms with van der Waals surface area (Å²) in [4.78, 5) is 18.9. The first-order valence-corrected chi connectivity index (χ1v) is 8.87. The van der Waals surface area contributed by atoms with Crippen molar-refractivity contribution in [2.75, 3.05) is 24.5 Å². The molecule has 1 saturated heterocycles. The van der Waals surface area contributed by atoms with Crippen LogP contribution in [0.1, 0.15) is 55.3 Å². The average Bonchev–Trinajstić information content (AvgIpc) is 3.07. The van der Waals surface area contributed by atoms with Crippen LogP contribution in [0.4, 0.5) is 5.82 Å². The van der Waals surface area contributed by atoms with Crippen LogP contribution in [0.2, 0.25) is 5.15 Å². The van der Waals surface area contributed by atoms with Crippen molar-refractivity contribution >= 4 is 23.3 Å². The van der Waals surface area contributed by atoms with Gasteiger partial charge in [0.25, 0.3) is 5.91 Å². The lowest BCUT2D eigenvalue weighted by Crippen LogP contribution is -2.44. The molecule has 6 heteroatoms. The fourth-order valence-corrected chi connectivity index (χ4v) is 3.66. The van der Waals surface area contributed by atoms with Crippen LogP contribution in [0.5, 0.6) is 0 Å². The number of rotatable bonds is 4. The van der Waals surface area contributed by atoms with Gasteiger partial charge in [-0.25, -0.2) is 4.98 Å². The zero-order valence-electron chi connectivity index (χ0n) is 13.4. The molecular weight excluding hydrogens is 314 g/mol. The lowest BCUT2D eigenvalue weighted by atomic mass is 9.85. The third-order valence-corrected chi connectivity index (χ3v) is 5.03. The summed E-state index contributed by atoms with van der Waals surface area (Å²) in [5.74, 6) is 0.560. The Morgan fingerprint density at radius 3 is 2.61 bits per heavy atom. The molecule has 1 amide bonds. The molecular formula is C17H24ClN3O2. The fraction of sp³-hybridized carbons (Fsp3) is 0.647. The number of nitrogens with one attached hydrogen (secondary N) is 1. The second-order valence-corrected chi connectivity index (χ2v) is 7.09. The van der Waals surface area contributed by atoms with Gasteiger partial charge >= 0.3 is 0 Å². The summed E-state index contributed by atoms with van der Waals surface area (Å²) >= 11 is 6.08. The van der Waals surface area contributed by atoms with Gasteiger partial charge in [-0.05, 0) is 37.8 Å². The van der Waals surface area contributed by atoms with E-state index in [0.29, 0.717) is 17.3 Å². The SMILES string of the molecule is O=C(NCC1(O)CCCCC1)c1cc(Cl)nc(N2CCCC2)c1. The van der Waals surface area contributed by atoms with Gasteiger partial charge in [0.1, 0.15) is 11.0 Å². The number of nitrogens with zero attached hydrogens (tertiary/aromatic N) is 2. The second kappa shape index (κ2) is 7.05. The first kappa shape index (κ1) is 16.5. The quantitative estimate of drug-likeness (QED) is 0.829. The molecule has 2 fully saturated rings. The highest BCUT2D eigenvalue weighted by molar-refractivity contribution is 6.29. The van der Waals surface area contributed by atoms with Crippen molar-refractivity contribution in [3.63, 3.8) is 0 Å². The Kier molecular flexibility index (Phi) is 5.07. The van der Waals surface area contributed by atoms with Gasteiger partial charge in [0.05, 0.1) is 5.60 Å². The molecule has 5 nitrogen and oxygen atoms in total. The lowest BCUT2D eigenvalue weighted by Gasteiger charge is -2.32. The van der Waals surface area contributed by atoms with E-state index in [1.54, 1.807) is 12.1 Å². The molecule has 0 radical (unpaired) electrons. The monoisotopic (exact) mass is 337 g/mol. The number of carbonyl (C=O) groups is 1. The number of hydrogen-bond acceptors (Lipinski definition) is 4. The number of aliphatic hydroxyl groups is 1. The van der Waals surface area contributed by atoms with E-state index in [1.165, 1.54) is 0 Å². The average molecular weight is 338 g/mol. The first-order chi connectivity index (χ1) is 11.1. The predicted octanol–water partition coefficient (Wildman–Crippen LogP) is 2.76. The summed E-state index contributed by atoms with van der Waals surface area (Å²) in [6, 6.07) is 3.37. The Balaban J connectivity index is 1.66. The van der Waals surface area contributed by atoms with Crippen molar-refractivity contribution in [2.24, 2.45) is 0 Å². The Bertz CT molecular complexity index is 567. The number of amides is 1. The van der Waals surface area contributed by atoms with E-state index in [1.807, 2.05) is 0 Å². The summed E-state index contributed by atoms with van der Waals surface area (Å²) in [6.45, 7) is 2.20. The Hall–Kier alpha value is -1.33. The van der Waals surface area contributed by atoms with Gasteiger partial charge in [-0.15, -0.1) is 0 Å². The Morgan fingerprint density at radius 2 is 1.91 bits per heavy atom. The van der Waals surface area contributed by atoms with Crippen LogP contribution in [-0.2, 0) is 0 Å². The van der Waals surface area contributed by atoms with E-state index in [4.69, 9.17) is 11.6 Å². The molecule has 1 aliphatic carbocycles. The number of halogens is 1. The lowest BCUT2D eigenvalue weighted by molar-refractivity contribution is 0.00526. The molecule has 0 atom stereocenters. The summed E-state index contributed by atoms with van der Waals surface area (Å²) < 4.78 is 0.